The van der Waals surface area contributed by atoms with Crippen LogP contribution in [0.2, 0.25) is 0 Å². The Kier molecular flexibility index (Phi) is 3.88. The topological polar surface area (TPSA) is 28.4 Å². The van der Waals surface area contributed by atoms with E-state index in [0.29, 0.717) is 0 Å². The molecular weight excluding hydrogens is 328 g/mol. The van der Waals surface area contributed by atoms with E-state index in [1.165, 1.54) is 0 Å². The van der Waals surface area contributed by atoms with Gasteiger partial charge in [-0.25, -0.2) is 0 Å². The van der Waals surface area contributed by atoms with Gasteiger partial charge >= 0.3 is 0 Å². The maximum Gasteiger partial charge on any atom is 0.134 e. The van der Waals surface area contributed by atoms with Gasteiger partial charge in [-0.3, -0.25) is 0 Å². The van der Waals surface area contributed by atoms with Gasteiger partial charge in [-0.05, 0) is 24.3 Å². The number of hydrogen-bond donors (Lipinski definition) is 1. The first-order valence-corrected chi connectivity index (χ1v) is 7.60. The van der Waals surface area contributed by atoms with Gasteiger partial charge in [-0.15, -0.1) is 0 Å². The number of furan rings is 1. The quantitative estimate of drug-likeness (QED) is 0.731. The van der Waals surface area contributed by atoms with Gasteiger partial charge in [-0.1, -0.05) is 34.1 Å². The highest BCUT2D eigenvalue weighted by Gasteiger charge is 2.08. The summed E-state index contributed by atoms with van der Waals surface area (Å²) in [4.78, 5) is 2.10. The normalized spacial score (nSPS) is 10.8. The average molecular weight is 345 g/mol. The highest BCUT2D eigenvalue weighted by Crippen LogP contribution is 2.29. The lowest BCUT2D eigenvalue weighted by Crippen LogP contribution is -2.12. The molecule has 0 aliphatic rings. The molecule has 0 atom stereocenters. The Labute approximate surface area is 132 Å². The minimum absolute atomic E-state index is 0.730. The number of benzene rings is 2. The summed E-state index contributed by atoms with van der Waals surface area (Å²) in [6.45, 7) is 0.730. The molecule has 0 aliphatic heterocycles. The number of nitrogens with one attached hydrogen (secondary N) is 1. The number of rotatable bonds is 4. The van der Waals surface area contributed by atoms with Crippen molar-refractivity contribution in [1.82, 2.24) is 0 Å². The first kappa shape index (κ1) is 14.0. The fourth-order valence-corrected chi connectivity index (χ4v) is 2.76. The Morgan fingerprint density at radius 3 is 2.76 bits per heavy atom. The van der Waals surface area contributed by atoms with Crippen LogP contribution in [-0.4, -0.2) is 14.1 Å². The predicted octanol–water partition coefficient (Wildman–Crippen LogP) is 4.87. The Hall–Kier alpha value is -1.94. The van der Waals surface area contributed by atoms with Crippen molar-refractivity contribution in [3.05, 3.63) is 58.8 Å². The van der Waals surface area contributed by atoms with Gasteiger partial charge in [0.2, 0.25) is 0 Å². The Morgan fingerprint density at radius 2 is 1.95 bits per heavy atom. The van der Waals surface area contributed by atoms with Crippen molar-refractivity contribution in [2.24, 2.45) is 0 Å². The molecule has 3 aromatic rings. The standard InChI is InChI=1S/C17H17BrN2O/c1-20(2)16-8-7-13(18)9-15(16)19-10-12-11-21-17-6-4-3-5-14(12)17/h3-9,11,19H,10H2,1-2H3. The van der Waals surface area contributed by atoms with Crippen LogP contribution in [0.5, 0.6) is 0 Å². The van der Waals surface area contributed by atoms with Crippen LogP contribution in [0.15, 0.2) is 57.6 Å². The molecule has 3 rings (SSSR count). The molecule has 1 N–H and O–H groups in total. The molecule has 0 spiro atoms. The fourth-order valence-electron chi connectivity index (χ4n) is 2.40. The second-order valence-corrected chi connectivity index (χ2v) is 6.08. The molecule has 4 heteroatoms. The second kappa shape index (κ2) is 5.82. The maximum absolute atomic E-state index is 5.58. The molecule has 0 radical (unpaired) electrons. The van der Waals surface area contributed by atoms with E-state index in [9.17, 15) is 0 Å². The number of para-hydroxylation sites is 1. The maximum atomic E-state index is 5.58. The third-order valence-corrected chi connectivity index (χ3v) is 3.96. The van der Waals surface area contributed by atoms with Crippen molar-refractivity contribution >= 4 is 38.3 Å². The van der Waals surface area contributed by atoms with Gasteiger partial charge in [0.25, 0.3) is 0 Å². The van der Waals surface area contributed by atoms with E-state index in [1.54, 1.807) is 0 Å². The minimum Gasteiger partial charge on any atom is -0.464 e. The van der Waals surface area contributed by atoms with Crippen LogP contribution < -0.4 is 10.2 Å². The van der Waals surface area contributed by atoms with Crippen LogP contribution in [0, 0.1) is 0 Å². The largest absolute Gasteiger partial charge is 0.464 e. The van der Waals surface area contributed by atoms with Crippen LogP contribution in [0.1, 0.15) is 5.56 Å². The van der Waals surface area contributed by atoms with E-state index >= 15 is 0 Å². The number of fused-ring (bicyclic) bond motifs is 1. The summed E-state index contributed by atoms with van der Waals surface area (Å²) in [5.41, 5.74) is 4.34. The van der Waals surface area contributed by atoms with Crippen molar-refractivity contribution in [3.63, 3.8) is 0 Å². The zero-order valence-corrected chi connectivity index (χ0v) is 13.6. The average Bonchev–Trinajstić information content (AvgIpc) is 2.88. The predicted molar refractivity (Wildman–Crippen MR) is 92.0 cm³/mol. The molecular formula is C17H17BrN2O. The smallest absolute Gasteiger partial charge is 0.134 e. The summed E-state index contributed by atoms with van der Waals surface area (Å²) < 4.78 is 6.64. The van der Waals surface area contributed by atoms with Crippen molar-refractivity contribution in [2.75, 3.05) is 24.3 Å². The van der Waals surface area contributed by atoms with Gasteiger partial charge in [0.15, 0.2) is 0 Å². The van der Waals surface area contributed by atoms with Crippen LogP contribution in [-0.2, 0) is 6.54 Å². The molecule has 2 aromatic carbocycles. The molecule has 3 nitrogen and oxygen atoms in total. The Bertz CT molecular complexity index is 764. The van der Waals surface area contributed by atoms with Gasteiger partial charge in [-0.2, -0.15) is 0 Å². The minimum atomic E-state index is 0.730. The SMILES string of the molecule is CN(C)c1ccc(Br)cc1NCc1coc2ccccc12. The lowest BCUT2D eigenvalue weighted by molar-refractivity contribution is 0.611. The highest BCUT2D eigenvalue weighted by molar-refractivity contribution is 9.10. The van der Waals surface area contributed by atoms with E-state index in [2.05, 4.69) is 44.3 Å². The molecule has 0 bridgehead atoms. The first-order chi connectivity index (χ1) is 10.1. The summed E-state index contributed by atoms with van der Waals surface area (Å²) in [6.07, 6.45) is 1.82. The highest BCUT2D eigenvalue weighted by atomic mass is 79.9. The third kappa shape index (κ3) is 2.90. The zero-order valence-electron chi connectivity index (χ0n) is 12.1. The van der Waals surface area contributed by atoms with E-state index < -0.39 is 0 Å². The number of nitrogens with zero attached hydrogens (tertiary/aromatic N) is 1. The van der Waals surface area contributed by atoms with Crippen LogP contribution in [0.4, 0.5) is 11.4 Å². The molecule has 0 saturated heterocycles. The second-order valence-electron chi connectivity index (χ2n) is 5.17. The molecule has 21 heavy (non-hydrogen) atoms. The van der Waals surface area contributed by atoms with Crippen LogP contribution in [0.3, 0.4) is 0 Å². The molecule has 0 amide bonds. The van der Waals surface area contributed by atoms with Crippen LogP contribution in [0.25, 0.3) is 11.0 Å². The Morgan fingerprint density at radius 1 is 1.14 bits per heavy atom. The molecule has 1 heterocycles. The van der Waals surface area contributed by atoms with E-state index in [-0.39, 0.29) is 0 Å². The zero-order chi connectivity index (χ0) is 14.8. The van der Waals surface area contributed by atoms with E-state index in [1.807, 2.05) is 44.6 Å². The molecule has 0 aliphatic carbocycles. The lowest BCUT2D eigenvalue weighted by atomic mass is 10.1. The Balaban J connectivity index is 1.86. The number of halogens is 1. The van der Waals surface area contributed by atoms with E-state index in [4.69, 9.17) is 4.42 Å². The molecule has 1 aromatic heterocycles. The molecule has 0 unspecified atom stereocenters. The lowest BCUT2D eigenvalue weighted by Gasteiger charge is -2.18. The van der Waals surface area contributed by atoms with Crippen LogP contribution >= 0.6 is 15.9 Å². The summed E-state index contributed by atoms with van der Waals surface area (Å²) in [7, 11) is 4.09. The van der Waals surface area contributed by atoms with Gasteiger partial charge < -0.3 is 14.6 Å². The summed E-state index contributed by atoms with van der Waals surface area (Å²) in [6, 6.07) is 14.3. The number of hydrogen-bond acceptors (Lipinski definition) is 3. The van der Waals surface area contributed by atoms with Gasteiger partial charge in [0.05, 0.1) is 17.6 Å². The first-order valence-electron chi connectivity index (χ1n) is 6.81. The molecule has 108 valence electrons. The monoisotopic (exact) mass is 344 g/mol. The van der Waals surface area contributed by atoms with E-state index in [0.717, 1.165) is 38.9 Å². The van der Waals surface area contributed by atoms with Crippen molar-refractivity contribution in [3.8, 4) is 0 Å². The van der Waals surface area contributed by atoms with Crippen molar-refractivity contribution in [1.29, 1.82) is 0 Å². The third-order valence-electron chi connectivity index (χ3n) is 3.47. The molecule has 0 fully saturated rings. The van der Waals surface area contributed by atoms with Gasteiger partial charge in [0, 0.05) is 36.1 Å². The molecule has 0 saturated carbocycles. The fraction of sp³-hybridized carbons (Fsp3) is 0.176. The van der Waals surface area contributed by atoms with Crippen molar-refractivity contribution in [2.45, 2.75) is 6.54 Å². The number of anilines is 2. The summed E-state index contributed by atoms with van der Waals surface area (Å²) >= 11 is 3.53. The van der Waals surface area contributed by atoms with Gasteiger partial charge in [0.1, 0.15) is 5.58 Å². The summed E-state index contributed by atoms with van der Waals surface area (Å²) in [5, 5.41) is 4.66. The van der Waals surface area contributed by atoms with Crippen molar-refractivity contribution < 1.29 is 4.42 Å². The summed E-state index contributed by atoms with van der Waals surface area (Å²) in [5.74, 6) is 0.